The fraction of sp³-hybridized carbons (Fsp3) is 0.214. The van der Waals surface area contributed by atoms with E-state index in [9.17, 15) is 4.79 Å². The molecule has 1 aromatic heterocycles. The molecule has 0 atom stereocenters. The minimum absolute atomic E-state index is 0.119. The second-order valence-corrected chi connectivity index (χ2v) is 4.16. The predicted molar refractivity (Wildman–Crippen MR) is 66.1 cm³/mol. The monoisotopic (exact) mass is 226 g/mol. The molecule has 0 N–H and O–H groups in total. The van der Waals surface area contributed by atoms with Gasteiger partial charge in [-0.05, 0) is 37.5 Å². The van der Waals surface area contributed by atoms with Crippen LogP contribution in [0.5, 0.6) is 0 Å². The van der Waals surface area contributed by atoms with Crippen LogP contribution in [-0.4, -0.2) is 15.8 Å². The van der Waals surface area contributed by atoms with E-state index in [-0.39, 0.29) is 11.6 Å². The lowest BCUT2D eigenvalue weighted by Gasteiger charge is -2.06. The van der Waals surface area contributed by atoms with E-state index in [2.05, 4.69) is 9.97 Å². The first-order valence-corrected chi connectivity index (χ1v) is 5.49. The molecule has 86 valence electrons. The molecule has 0 spiro atoms. The van der Waals surface area contributed by atoms with Gasteiger partial charge in [-0.25, -0.2) is 9.97 Å². The van der Waals surface area contributed by atoms with E-state index in [1.807, 2.05) is 39.0 Å². The van der Waals surface area contributed by atoms with Crippen LogP contribution in [0.2, 0.25) is 0 Å². The molecule has 0 radical (unpaired) electrons. The van der Waals surface area contributed by atoms with Gasteiger partial charge >= 0.3 is 0 Å². The van der Waals surface area contributed by atoms with Crippen molar-refractivity contribution in [3.05, 3.63) is 58.7 Å². The Kier molecular flexibility index (Phi) is 3.00. The van der Waals surface area contributed by atoms with Gasteiger partial charge in [0.25, 0.3) is 0 Å². The molecule has 3 heteroatoms. The highest BCUT2D eigenvalue weighted by Crippen LogP contribution is 2.15. The molecule has 0 unspecified atom stereocenters. The van der Waals surface area contributed by atoms with Gasteiger partial charge in [0.15, 0.2) is 0 Å². The molecule has 0 amide bonds. The summed E-state index contributed by atoms with van der Waals surface area (Å²) in [4.78, 5) is 20.3. The first-order chi connectivity index (χ1) is 8.09. The van der Waals surface area contributed by atoms with Gasteiger partial charge in [-0.2, -0.15) is 0 Å². The topological polar surface area (TPSA) is 42.9 Å². The Morgan fingerprint density at radius 3 is 2.35 bits per heavy atom. The third-order valence-corrected chi connectivity index (χ3v) is 2.83. The zero-order valence-electron chi connectivity index (χ0n) is 10.2. The number of carbonyl (C=O) groups is 1. The SMILES string of the molecule is Cc1cnc(C(=O)c2cccc(C)c2C)nc1. The zero-order chi connectivity index (χ0) is 12.4. The minimum atomic E-state index is -0.119. The van der Waals surface area contributed by atoms with Crippen molar-refractivity contribution in [2.75, 3.05) is 0 Å². The lowest BCUT2D eigenvalue weighted by molar-refractivity contribution is 0.102. The van der Waals surface area contributed by atoms with Gasteiger partial charge < -0.3 is 0 Å². The van der Waals surface area contributed by atoms with E-state index in [4.69, 9.17) is 0 Å². The number of aryl methyl sites for hydroxylation is 2. The average molecular weight is 226 g/mol. The van der Waals surface area contributed by atoms with E-state index < -0.39 is 0 Å². The fourth-order valence-electron chi connectivity index (χ4n) is 1.63. The molecule has 3 nitrogen and oxygen atoms in total. The van der Waals surface area contributed by atoms with Crippen LogP contribution >= 0.6 is 0 Å². The number of nitrogens with zero attached hydrogens (tertiary/aromatic N) is 2. The molecule has 0 saturated carbocycles. The van der Waals surface area contributed by atoms with Crippen LogP contribution < -0.4 is 0 Å². The quantitative estimate of drug-likeness (QED) is 0.739. The van der Waals surface area contributed by atoms with Crippen LogP contribution in [0.25, 0.3) is 0 Å². The normalized spacial score (nSPS) is 10.3. The number of hydrogen-bond donors (Lipinski definition) is 0. The predicted octanol–water partition coefficient (Wildman–Crippen LogP) is 2.63. The van der Waals surface area contributed by atoms with Crippen LogP contribution in [0.15, 0.2) is 30.6 Å². The van der Waals surface area contributed by atoms with Gasteiger partial charge in [-0.1, -0.05) is 18.2 Å². The summed E-state index contributed by atoms with van der Waals surface area (Å²) in [5.41, 5.74) is 3.71. The first-order valence-electron chi connectivity index (χ1n) is 5.49. The summed E-state index contributed by atoms with van der Waals surface area (Å²) in [5, 5.41) is 0. The summed E-state index contributed by atoms with van der Waals surface area (Å²) in [6.45, 7) is 5.82. The highest BCUT2D eigenvalue weighted by molar-refractivity contribution is 6.07. The Bertz CT molecular complexity index is 559. The Balaban J connectivity index is 2.44. The minimum Gasteiger partial charge on any atom is -0.285 e. The van der Waals surface area contributed by atoms with Gasteiger partial charge in [-0.3, -0.25) is 4.79 Å². The molecule has 0 saturated heterocycles. The summed E-state index contributed by atoms with van der Waals surface area (Å²) >= 11 is 0. The maximum atomic E-state index is 12.2. The molecule has 0 aliphatic heterocycles. The van der Waals surface area contributed by atoms with Crippen molar-refractivity contribution in [1.29, 1.82) is 0 Å². The van der Waals surface area contributed by atoms with Gasteiger partial charge in [-0.15, -0.1) is 0 Å². The number of benzene rings is 1. The third kappa shape index (κ3) is 2.23. The van der Waals surface area contributed by atoms with Crippen LogP contribution in [0.4, 0.5) is 0 Å². The van der Waals surface area contributed by atoms with Crippen molar-refractivity contribution >= 4 is 5.78 Å². The highest BCUT2D eigenvalue weighted by atomic mass is 16.1. The van der Waals surface area contributed by atoms with E-state index in [1.54, 1.807) is 12.4 Å². The van der Waals surface area contributed by atoms with Crippen molar-refractivity contribution in [2.45, 2.75) is 20.8 Å². The molecule has 1 aromatic carbocycles. The second-order valence-electron chi connectivity index (χ2n) is 4.16. The van der Waals surface area contributed by atoms with Crippen LogP contribution in [0.3, 0.4) is 0 Å². The average Bonchev–Trinajstić information content (AvgIpc) is 2.33. The summed E-state index contributed by atoms with van der Waals surface area (Å²) in [6, 6.07) is 5.68. The van der Waals surface area contributed by atoms with Gasteiger partial charge in [0, 0.05) is 18.0 Å². The van der Waals surface area contributed by atoms with Crippen LogP contribution in [0, 0.1) is 20.8 Å². The van der Waals surface area contributed by atoms with Crippen LogP contribution in [0.1, 0.15) is 32.9 Å². The maximum absolute atomic E-state index is 12.2. The molecule has 17 heavy (non-hydrogen) atoms. The highest BCUT2D eigenvalue weighted by Gasteiger charge is 2.14. The molecular formula is C14H14N2O. The van der Waals surface area contributed by atoms with Gasteiger partial charge in [0.05, 0.1) is 0 Å². The van der Waals surface area contributed by atoms with Crippen molar-refractivity contribution in [1.82, 2.24) is 9.97 Å². The smallest absolute Gasteiger partial charge is 0.230 e. The number of carbonyl (C=O) groups excluding carboxylic acids is 1. The largest absolute Gasteiger partial charge is 0.285 e. The van der Waals surface area contributed by atoms with Gasteiger partial charge in [0.2, 0.25) is 11.6 Å². The number of hydrogen-bond acceptors (Lipinski definition) is 3. The van der Waals surface area contributed by atoms with E-state index in [0.717, 1.165) is 16.7 Å². The summed E-state index contributed by atoms with van der Waals surface area (Å²) in [5.74, 6) is 0.135. The summed E-state index contributed by atoms with van der Waals surface area (Å²) < 4.78 is 0. The number of rotatable bonds is 2. The molecule has 1 heterocycles. The van der Waals surface area contributed by atoms with Crippen molar-refractivity contribution in [2.24, 2.45) is 0 Å². The third-order valence-electron chi connectivity index (χ3n) is 2.83. The maximum Gasteiger partial charge on any atom is 0.230 e. The van der Waals surface area contributed by atoms with Crippen molar-refractivity contribution < 1.29 is 4.79 Å². The van der Waals surface area contributed by atoms with E-state index in [1.165, 1.54) is 0 Å². The Hall–Kier alpha value is -2.03. The summed E-state index contributed by atoms with van der Waals surface area (Å²) in [7, 11) is 0. The molecule has 0 bridgehead atoms. The van der Waals surface area contributed by atoms with Crippen molar-refractivity contribution in [3.63, 3.8) is 0 Å². The zero-order valence-corrected chi connectivity index (χ0v) is 10.2. The lowest BCUT2D eigenvalue weighted by Crippen LogP contribution is -2.09. The molecular weight excluding hydrogens is 212 g/mol. The van der Waals surface area contributed by atoms with Crippen LogP contribution in [-0.2, 0) is 0 Å². The molecule has 0 aliphatic carbocycles. The number of ketones is 1. The second kappa shape index (κ2) is 4.45. The molecule has 0 aliphatic rings. The van der Waals surface area contributed by atoms with Crippen molar-refractivity contribution in [3.8, 4) is 0 Å². The van der Waals surface area contributed by atoms with E-state index in [0.29, 0.717) is 5.56 Å². The Morgan fingerprint density at radius 1 is 1.06 bits per heavy atom. The van der Waals surface area contributed by atoms with E-state index >= 15 is 0 Å². The first kappa shape index (κ1) is 11.5. The Labute approximate surface area is 101 Å². The summed E-state index contributed by atoms with van der Waals surface area (Å²) in [6.07, 6.45) is 3.32. The van der Waals surface area contributed by atoms with Gasteiger partial charge in [0.1, 0.15) is 0 Å². The number of aromatic nitrogens is 2. The Morgan fingerprint density at radius 2 is 1.71 bits per heavy atom. The lowest BCUT2D eigenvalue weighted by atomic mass is 10.00. The molecule has 2 rings (SSSR count). The molecule has 2 aromatic rings. The standard InChI is InChI=1S/C14H14N2O/c1-9-7-15-14(16-8-9)13(17)12-6-4-5-10(2)11(12)3/h4-8H,1-3H3. The molecule has 0 fully saturated rings. The fourth-order valence-corrected chi connectivity index (χ4v) is 1.63.